The van der Waals surface area contributed by atoms with Crippen LogP contribution in [0.1, 0.15) is 16.7 Å². The third kappa shape index (κ3) is 2.08. The second-order valence-corrected chi connectivity index (χ2v) is 5.38. The molecule has 0 spiro atoms. The Morgan fingerprint density at radius 1 is 1.00 bits per heavy atom. The van der Waals surface area contributed by atoms with Crippen molar-refractivity contribution in [3.8, 4) is 5.69 Å². The lowest BCUT2D eigenvalue weighted by atomic mass is 10.1. The van der Waals surface area contributed by atoms with Gasteiger partial charge in [0.05, 0.1) is 11.2 Å². The Labute approximate surface area is 116 Å². The number of pyridine rings is 1. The summed E-state index contributed by atoms with van der Waals surface area (Å²) in [6, 6.07) is 8.46. The van der Waals surface area contributed by atoms with Gasteiger partial charge in [-0.1, -0.05) is 6.07 Å². The first-order valence-electron chi connectivity index (χ1n) is 6.20. The summed E-state index contributed by atoms with van der Waals surface area (Å²) < 4.78 is 2.67. The zero-order chi connectivity index (χ0) is 13.6. The van der Waals surface area contributed by atoms with Gasteiger partial charge < -0.3 is 4.98 Å². The molecule has 0 fully saturated rings. The molecule has 2 aromatic heterocycles. The van der Waals surface area contributed by atoms with Crippen LogP contribution in [0.2, 0.25) is 0 Å². The number of aromatic amines is 1. The van der Waals surface area contributed by atoms with Crippen LogP contribution in [-0.4, -0.2) is 14.5 Å². The molecule has 1 N–H and O–H groups in total. The van der Waals surface area contributed by atoms with Gasteiger partial charge in [0, 0.05) is 6.20 Å². The Balaban J connectivity index is 2.36. The van der Waals surface area contributed by atoms with E-state index in [4.69, 9.17) is 12.2 Å². The minimum Gasteiger partial charge on any atom is -0.329 e. The van der Waals surface area contributed by atoms with Crippen molar-refractivity contribution >= 4 is 23.4 Å². The molecule has 0 bridgehead atoms. The van der Waals surface area contributed by atoms with Crippen molar-refractivity contribution in [3.63, 3.8) is 0 Å². The maximum Gasteiger partial charge on any atom is 0.183 e. The molecule has 0 atom stereocenters. The first-order valence-corrected chi connectivity index (χ1v) is 6.61. The van der Waals surface area contributed by atoms with E-state index in [1.54, 1.807) is 0 Å². The Morgan fingerprint density at radius 3 is 2.37 bits per heavy atom. The largest absolute Gasteiger partial charge is 0.329 e. The van der Waals surface area contributed by atoms with Gasteiger partial charge in [0.2, 0.25) is 0 Å². The fourth-order valence-corrected chi connectivity index (χ4v) is 2.72. The molecule has 3 rings (SSSR count). The number of nitrogens with one attached hydrogen (secondary N) is 1. The molecule has 0 amide bonds. The van der Waals surface area contributed by atoms with Crippen LogP contribution in [0.5, 0.6) is 0 Å². The molecule has 3 aromatic rings. The maximum atomic E-state index is 5.43. The van der Waals surface area contributed by atoms with Crippen LogP contribution in [0.3, 0.4) is 0 Å². The van der Waals surface area contributed by atoms with Crippen LogP contribution < -0.4 is 0 Å². The Bertz CT molecular complexity index is 807. The van der Waals surface area contributed by atoms with E-state index in [1.165, 1.54) is 11.1 Å². The lowest BCUT2D eigenvalue weighted by Crippen LogP contribution is -1.97. The lowest BCUT2D eigenvalue weighted by molar-refractivity contribution is 1.04. The van der Waals surface area contributed by atoms with Crippen LogP contribution in [0.15, 0.2) is 30.5 Å². The monoisotopic (exact) mass is 269 g/mol. The van der Waals surface area contributed by atoms with Crippen molar-refractivity contribution in [2.24, 2.45) is 0 Å². The van der Waals surface area contributed by atoms with Crippen molar-refractivity contribution < 1.29 is 0 Å². The highest BCUT2D eigenvalue weighted by Crippen LogP contribution is 2.20. The number of aromatic nitrogens is 3. The average Bonchev–Trinajstić information content (AvgIpc) is 2.62. The second-order valence-electron chi connectivity index (χ2n) is 5.00. The van der Waals surface area contributed by atoms with E-state index in [9.17, 15) is 0 Å². The smallest absolute Gasteiger partial charge is 0.183 e. The number of H-pyrrole nitrogens is 1. The summed E-state index contributed by atoms with van der Waals surface area (Å²) in [6.07, 6.45) is 1.87. The van der Waals surface area contributed by atoms with Crippen LogP contribution in [-0.2, 0) is 0 Å². The van der Waals surface area contributed by atoms with E-state index < -0.39 is 0 Å². The molecule has 0 saturated carbocycles. The van der Waals surface area contributed by atoms with E-state index in [2.05, 4.69) is 48.1 Å². The fraction of sp³-hybridized carbons (Fsp3) is 0.200. The minimum atomic E-state index is 0.679. The molecule has 0 aliphatic heterocycles. The predicted octanol–water partition coefficient (Wildman–Crippen LogP) is 4.01. The first-order chi connectivity index (χ1) is 9.04. The van der Waals surface area contributed by atoms with Crippen molar-refractivity contribution in [1.29, 1.82) is 0 Å². The van der Waals surface area contributed by atoms with Crippen LogP contribution in [0, 0.1) is 25.5 Å². The number of nitrogens with zero attached hydrogens (tertiary/aromatic N) is 2. The zero-order valence-electron chi connectivity index (χ0n) is 11.2. The van der Waals surface area contributed by atoms with Gasteiger partial charge in [-0.15, -0.1) is 0 Å². The fourth-order valence-electron chi connectivity index (χ4n) is 2.42. The number of imidazole rings is 1. The molecule has 1 aromatic carbocycles. The number of hydrogen-bond donors (Lipinski definition) is 1. The van der Waals surface area contributed by atoms with E-state index in [0.29, 0.717) is 4.77 Å². The van der Waals surface area contributed by atoms with Crippen molar-refractivity contribution in [1.82, 2.24) is 14.5 Å². The molecule has 96 valence electrons. The van der Waals surface area contributed by atoms with Gasteiger partial charge >= 0.3 is 0 Å². The van der Waals surface area contributed by atoms with Crippen molar-refractivity contribution in [2.45, 2.75) is 20.8 Å². The van der Waals surface area contributed by atoms with Crippen molar-refractivity contribution in [2.75, 3.05) is 0 Å². The third-order valence-corrected chi connectivity index (χ3v) is 3.41. The van der Waals surface area contributed by atoms with Gasteiger partial charge in [-0.3, -0.25) is 4.57 Å². The molecule has 0 unspecified atom stereocenters. The standard InChI is InChI=1S/C15H15N3S/c1-9-4-10(2)6-12(5-9)18-14-13(17-15(18)19)7-11(3)8-16-14/h4-8H,1-3H3,(H,17,19). The number of aryl methyl sites for hydroxylation is 3. The molecular weight excluding hydrogens is 254 g/mol. The highest BCUT2D eigenvalue weighted by molar-refractivity contribution is 7.71. The van der Waals surface area contributed by atoms with Crippen LogP contribution in [0.4, 0.5) is 0 Å². The van der Waals surface area contributed by atoms with Gasteiger partial charge in [-0.05, 0) is 67.9 Å². The molecule has 0 aliphatic carbocycles. The molecule has 3 nitrogen and oxygen atoms in total. The first kappa shape index (κ1) is 12.1. The van der Waals surface area contributed by atoms with Crippen molar-refractivity contribution in [3.05, 3.63) is 51.9 Å². The SMILES string of the molecule is Cc1cc(C)cc(-n2c(=S)[nH]c3cc(C)cnc32)c1. The zero-order valence-corrected chi connectivity index (χ0v) is 12.0. The quantitative estimate of drug-likeness (QED) is 0.677. The van der Waals surface area contributed by atoms with E-state index >= 15 is 0 Å². The van der Waals surface area contributed by atoms with Gasteiger partial charge in [0.1, 0.15) is 0 Å². The normalized spacial score (nSPS) is 11.1. The highest BCUT2D eigenvalue weighted by atomic mass is 32.1. The van der Waals surface area contributed by atoms with Gasteiger partial charge in [0.25, 0.3) is 0 Å². The summed E-state index contributed by atoms with van der Waals surface area (Å²) in [6.45, 7) is 6.20. The minimum absolute atomic E-state index is 0.679. The summed E-state index contributed by atoms with van der Waals surface area (Å²) >= 11 is 5.43. The predicted molar refractivity (Wildman–Crippen MR) is 80.5 cm³/mol. The summed E-state index contributed by atoms with van der Waals surface area (Å²) in [4.78, 5) is 7.72. The summed E-state index contributed by atoms with van der Waals surface area (Å²) in [5, 5.41) is 0. The Hall–Kier alpha value is -1.94. The topological polar surface area (TPSA) is 33.6 Å². The summed E-state index contributed by atoms with van der Waals surface area (Å²) in [5.74, 6) is 0. The van der Waals surface area contributed by atoms with Gasteiger partial charge in [-0.2, -0.15) is 0 Å². The molecule has 2 heterocycles. The summed E-state index contributed by atoms with van der Waals surface area (Å²) in [7, 11) is 0. The average molecular weight is 269 g/mol. The van der Waals surface area contributed by atoms with Crippen LogP contribution in [0.25, 0.3) is 16.9 Å². The van der Waals surface area contributed by atoms with E-state index in [0.717, 1.165) is 22.4 Å². The number of hydrogen-bond acceptors (Lipinski definition) is 2. The molecule has 0 radical (unpaired) electrons. The number of benzene rings is 1. The van der Waals surface area contributed by atoms with Crippen LogP contribution >= 0.6 is 12.2 Å². The highest BCUT2D eigenvalue weighted by Gasteiger charge is 2.08. The Kier molecular flexibility index (Phi) is 2.75. The second kappa shape index (κ2) is 4.31. The summed E-state index contributed by atoms with van der Waals surface area (Å²) in [5.41, 5.74) is 6.47. The lowest BCUT2D eigenvalue weighted by Gasteiger charge is -2.07. The molecule has 19 heavy (non-hydrogen) atoms. The van der Waals surface area contributed by atoms with Gasteiger partial charge in [0.15, 0.2) is 10.4 Å². The Morgan fingerprint density at radius 2 is 1.68 bits per heavy atom. The van der Waals surface area contributed by atoms with E-state index in [1.807, 2.05) is 17.7 Å². The van der Waals surface area contributed by atoms with E-state index in [-0.39, 0.29) is 0 Å². The number of rotatable bonds is 1. The molecule has 4 heteroatoms. The molecule has 0 saturated heterocycles. The van der Waals surface area contributed by atoms with Gasteiger partial charge in [-0.25, -0.2) is 4.98 Å². The number of fused-ring (bicyclic) bond motifs is 1. The molecular formula is C15H15N3S. The third-order valence-electron chi connectivity index (χ3n) is 3.12. The maximum absolute atomic E-state index is 5.43. The molecule has 0 aliphatic rings.